The molecule has 0 unspecified atom stereocenters. The second kappa shape index (κ2) is 4.59. The first-order chi connectivity index (χ1) is 6.86. The Labute approximate surface area is 85.9 Å². The van der Waals surface area contributed by atoms with Crippen LogP contribution >= 0.6 is 0 Å². The van der Waals surface area contributed by atoms with E-state index in [0.717, 1.165) is 18.4 Å². The number of Topliss-reactive ketones (excluding diaryl/α,β-unsaturated/α-hetero) is 1. The van der Waals surface area contributed by atoms with E-state index in [9.17, 15) is 4.79 Å². The zero-order valence-electron chi connectivity index (χ0n) is 8.67. The van der Waals surface area contributed by atoms with Crippen molar-refractivity contribution in [3.63, 3.8) is 0 Å². The van der Waals surface area contributed by atoms with Crippen molar-refractivity contribution >= 4 is 5.78 Å². The van der Waals surface area contributed by atoms with Gasteiger partial charge in [-0.2, -0.15) is 0 Å². The van der Waals surface area contributed by atoms with Crippen LogP contribution in [0.2, 0.25) is 0 Å². The molecular formula is C13H18O. The third-order valence-corrected chi connectivity index (χ3v) is 3.22. The molecule has 0 saturated heterocycles. The predicted molar refractivity (Wildman–Crippen MR) is 58.0 cm³/mol. The summed E-state index contributed by atoms with van der Waals surface area (Å²) in [7, 11) is 0. The molecule has 0 aromatic heterocycles. The number of hydrogen-bond donors (Lipinski definition) is 0. The smallest absolute Gasteiger partial charge is 0.162 e. The molecule has 2 aliphatic rings. The Bertz CT molecular complexity index is 267. The quantitative estimate of drug-likeness (QED) is 0.579. The van der Waals surface area contributed by atoms with E-state index in [4.69, 9.17) is 0 Å². The number of carbonyl (C=O) groups is 1. The summed E-state index contributed by atoms with van der Waals surface area (Å²) in [5.74, 6) is 1.02. The first kappa shape index (κ1) is 9.70. The standard InChI is InChI=1S/C13H18O/c14-13-9-5-4-8-12(13)10-11-6-2-1-3-7-11/h4,8,10-11H,1-3,5-7,9H2. The summed E-state index contributed by atoms with van der Waals surface area (Å²) in [4.78, 5) is 11.5. The van der Waals surface area contributed by atoms with Crippen LogP contribution in [0.1, 0.15) is 44.9 Å². The van der Waals surface area contributed by atoms with Crippen LogP contribution < -0.4 is 0 Å². The molecule has 0 heterocycles. The first-order valence-corrected chi connectivity index (χ1v) is 5.78. The van der Waals surface area contributed by atoms with E-state index in [1.54, 1.807) is 0 Å². The van der Waals surface area contributed by atoms with Gasteiger partial charge in [0.25, 0.3) is 0 Å². The molecule has 0 N–H and O–H groups in total. The molecule has 1 nitrogen and oxygen atoms in total. The van der Waals surface area contributed by atoms with Crippen molar-refractivity contribution in [1.29, 1.82) is 0 Å². The first-order valence-electron chi connectivity index (χ1n) is 5.78. The molecule has 0 amide bonds. The van der Waals surface area contributed by atoms with E-state index in [1.807, 2.05) is 6.08 Å². The van der Waals surface area contributed by atoms with Gasteiger partial charge in [0.05, 0.1) is 0 Å². The van der Waals surface area contributed by atoms with E-state index >= 15 is 0 Å². The van der Waals surface area contributed by atoms with Gasteiger partial charge in [0.1, 0.15) is 0 Å². The fourth-order valence-electron chi connectivity index (χ4n) is 2.37. The topological polar surface area (TPSA) is 17.1 Å². The second-order valence-electron chi connectivity index (χ2n) is 4.38. The normalized spacial score (nSPS) is 27.1. The van der Waals surface area contributed by atoms with Crippen LogP contribution in [0.5, 0.6) is 0 Å². The number of carbonyl (C=O) groups excluding carboxylic acids is 1. The van der Waals surface area contributed by atoms with E-state index in [-0.39, 0.29) is 0 Å². The fourth-order valence-corrected chi connectivity index (χ4v) is 2.37. The van der Waals surface area contributed by atoms with Crippen LogP contribution in [0.4, 0.5) is 0 Å². The lowest BCUT2D eigenvalue weighted by Crippen LogP contribution is -2.09. The van der Waals surface area contributed by atoms with Gasteiger partial charge < -0.3 is 0 Å². The molecule has 2 rings (SSSR count). The van der Waals surface area contributed by atoms with Gasteiger partial charge >= 0.3 is 0 Å². The van der Waals surface area contributed by atoms with Crippen molar-refractivity contribution in [3.05, 3.63) is 23.8 Å². The summed E-state index contributed by atoms with van der Waals surface area (Å²) in [6.45, 7) is 0. The summed E-state index contributed by atoms with van der Waals surface area (Å²) >= 11 is 0. The monoisotopic (exact) mass is 190 g/mol. The molecule has 14 heavy (non-hydrogen) atoms. The van der Waals surface area contributed by atoms with Gasteiger partial charge in [-0.25, -0.2) is 0 Å². The molecule has 0 aromatic rings. The minimum absolute atomic E-state index is 0.345. The van der Waals surface area contributed by atoms with Crippen LogP contribution in [0, 0.1) is 5.92 Å². The van der Waals surface area contributed by atoms with E-state index in [0.29, 0.717) is 11.7 Å². The molecule has 76 valence electrons. The predicted octanol–water partition coefficient (Wildman–Crippen LogP) is 3.41. The van der Waals surface area contributed by atoms with Crippen molar-refractivity contribution in [2.45, 2.75) is 44.9 Å². The van der Waals surface area contributed by atoms with Crippen molar-refractivity contribution in [3.8, 4) is 0 Å². The van der Waals surface area contributed by atoms with Crippen molar-refractivity contribution in [2.24, 2.45) is 5.92 Å². The number of allylic oxidation sites excluding steroid dienone is 4. The van der Waals surface area contributed by atoms with Gasteiger partial charge in [0.15, 0.2) is 5.78 Å². The molecule has 0 radical (unpaired) electrons. The average molecular weight is 190 g/mol. The lowest BCUT2D eigenvalue weighted by molar-refractivity contribution is -0.115. The average Bonchev–Trinajstić information content (AvgIpc) is 2.23. The highest BCUT2D eigenvalue weighted by molar-refractivity contribution is 5.98. The lowest BCUT2D eigenvalue weighted by atomic mass is 9.86. The summed E-state index contributed by atoms with van der Waals surface area (Å²) in [5, 5.41) is 0. The molecule has 1 heteroatoms. The molecular weight excluding hydrogens is 172 g/mol. The molecule has 2 aliphatic carbocycles. The van der Waals surface area contributed by atoms with Gasteiger partial charge in [-0.3, -0.25) is 4.79 Å². The Morgan fingerprint density at radius 1 is 1.21 bits per heavy atom. The van der Waals surface area contributed by atoms with E-state index in [1.165, 1.54) is 32.1 Å². The van der Waals surface area contributed by atoms with Crippen LogP contribution in [0.15, 0.2) is 23.8 Å². The summed E-state index contributed by atoms with van der Waals surface area (Å²) in [6.07, 6.45) is 14.6. The van der Waals surface area contributed by atoms with Crippen LogP contribution in [-0.4, -0.2) is 5.78 Å². The Hall–Kier alpha value is -0.850. The highest BCUT2D eigenvalue weighted by Crippen LogP contribution is 2.27. The van der Waals surface area contributed by atoms with E-state index < -0.39 is 0 Å². The highest BCUT2D eigenvalue weighted by atomic mass is 16.1. The Morgan fingerprint density at radius 2 is 2.00 bits per heavy atom. The van der Waals surface area contributed by atoms with Crippen LogP contribution in [0.3, 0.4) is 0 Å². The Morgan fingerprint density at radius 3 is 2.71 bits per heavy atom. The van der Waals surface area contributed by atoms with Gasteiger partial charge in [-0.1, -0.05) is 37.5 Å². The maximum atomic E-state index is 11.5. The molecule has 0 atom stereocenters. The molecule has 0 bridgehead atoms. The minimum Gasteiger partial charge on any atom is -0.294 e. The minimum atomic E-state index is 0.345. The zero-order chi connectivity index (χ0) is 9.80. The molecule has 0 aromatic carbocycles. The van der Waals surface area contributed by atoms with Crippen LogP contribution in [-0.2, 0) is 4.79 Å². The molecule has 1 fully saturated rings. The summed E-state index contributed by atoms with van der Waals surface area (Å²) < 4.78 is 0. The largest absolute Gasteiger partial charge is 0.294 e. The molecule has 0 spiro atoms. The van der Waals surface area contributed by atoms with Gasteiger partial charge in [-0.15, -0.1) is 0 Å². The lowest BCUT2D eigenvalue weighted by Gasteiger charge is -2.19. The third-order valence-electron chi connectivity index (χ3n) is 3.22. The van der Waals surface area contributed by atoms with Gasteiger partial charge in [-0.05, 0) is 25.2 Å². The van der Waals surface area contributed by atoms with Crippen molar-refractivity contribution in [2.75, 3.05) is 0 Å². The maximum Gasteiger partial charge on any atom is 0.162 e. The zero-order valence-corrected chi connectivity index (χ0v) is 8.67. The summed E-state index contributed by atoms with van der Waals surface area (Å²) in [6, 6.07) is 0. The van der Waals surface area contributed by atoms with Crippen molar-refractivity contribution in [1.82, 2.24) is 0 Å². The molecule has 1 saturated carbocycles. The SMILES string of the molecule is O=C1CCC=CC1=CC1CCCCC1. The number of hydrogen-bond acceptors (Lipinski definition) is 1. The van der Waals surface area contributed by atoms with Crippen molar-refractivity contribution < 1.29 is 4.79 Å². The molecule has 0 aliphatic heterocycles. The van der Waals surface area contributed by atoms with Gasteiger partial charge in [0, 0.05) is 12.0 Å². The Balaban J connectivity index is 2.03. The number of rotatable bonds is 1. The summed E-state index contributed by atoms with van der Waals surface area (Å²) in [5.41, 5.74) is 0.975. The van der Waals surface area contributed by atoms with Crippen LogP contribution in [0.25, 0.3) is 0 Å². The fraction of sp³-hybridized carbons (Fsp3) is 0.615. The van der Waals surface area contributed by atoms with E-state index in [2.05, 4.69) is 12.2 Å². The third kappa shape index (κ3) is 2.34. The number of ketones is 1. The highest BCUT2D eigenvalue weighted by Gasteiger charge is 2.15. The van der Waals surface area contributed by atoms with Gasteiger partial charge in [0.2, 0.25) is 0 Å². The maximum absolute atomic E-state index is 11.5. The second-order valence-corrected chi connectivity index (χ2v) is 4.38. The Kier molecular flexibility index (Phi) is 3.18.